The predicted molar refractivity (Wildman–Crippen MR) is 90.3 cm³/mol. The van der Waals surface area contributed by atoms with Crippen molar-refractivity contribution in [2.75, 3.05) is 0 Å². The first-order valence-electron chi connectivity index (χ1n) is 7.46. The van der Waals surface area contributed by atoms with E-state index in [4.69, 9.17) is 0 Å². The highest BCUT2D eigenvalue weighted by Crippen LogP contribution is 2.26. The molecule has 21 heavy (non-hydrogen) atoms. The fourth-order valence-electron chi connectivity index (χ4n) is 2.17. The third-order valence-electron chi connectivity index (χ3n) is 3.11. The molecule has 0 amide bonds. The zero-order valence-corrected chi connectivity index (χ0v) is 15.5. The molecule has 1 rings (SSSR count). The van der Waals surface area contributed by atoms with Crippen molar-refractivity contribution in [2.45, 2.75) is 70.8 Å². The number of sulfonamides is 1. The molecule has 1 unspecified atom stereocenters. The van der Waals surface area contributed by atoms with Crippen LogP contribution in [0.3, 0.4) is 0 Å². The number of rotatable bonds is 8. The first-order chi connectivity index (χ1) is 9.61. The normalized spacial score (nSPS) is 14.1. The Morgan fingerprint density at radius 2 is 1.81 bits per heavy atom. The van der Waals surface area contributed by atoms with E-state index in [-0.39, 0.29) is 6.04 Å². The summed E-state index contributed by atoms with van der Waals surface area (Å²) in [6.45, 7) is 12.9. The van der Waals surface area contributed by atoms with Gasteiger partial charge in [0.15, 0.2) is 0 Å². The Labute approximate surface area is 133 Å². The largest absolute Gasteiger partial charge is 0.310 e. The molecule has 0 bridgehead atoms. The molecule has 0 fully saturated rings. The number of thiophene rings is 1. The van der Waals surface area contributed by atoms with E-state index in [1.54, 1.807) is 6.07 Å². The van der Waals surface area contributed by atoms with Crippen LogP contribution in [0.5, 0.6) is 0 Å². The Morgan fingerprint density at radius 3 is 2.33 bits per heavy atom. The molecule has 1 aromatic rings. The first-order valence-corrected chi connectivity index (χ1v) is 9.76. The van der Waals surface area contributed by atoms with Gasteiger partial charge in [-0.1, -0.05) is 27.7 Å². The first kappa shape index (κ1) is 18.6. The molecule has 0 radical (unpaired) electrons. The third-order valence-corrected chi connectivity index (χ3v) is 6.42. The molecule has 0 aromatic carbocycles. The maximum absolute atomic E-state index is 12.4. The average molecular weight is 333 g/mol. The quantitative estimate of drug-likeness (QED) is 0.768. The summed E-state index contributed by atoms with van der Waals surface area (Å²) in [4.78, 5) is 1.08. The Bertz CT molecular complexity index is 548. The van der Waals surface area contributed by atoms with Gasteiger partial charge in [-0.25, -0.2) is 13.1 Å². The van der Waals surface area contributed by atoms with E-state index >= 15 is 0 Å². The van der Waals surface area contributed by atoms with Crippen LogP contribution < -0.4 is 10.0 Å². The summed E-state index contributed by atoms with van der Waals surface area (Å²) in [5.41, 5.74) is 1.03. The predicted octanol–water partition coefficient (Wildman–Crippen LogP) is 3.27. The van der Waals surface area contributed by atoms with Gasteiger partial charge in [0.05, 0.1) is 0 Å². The van der Waals surface area contributed by atoms with Gasteiger partial charge in [0, 0.05) is 23.5 Å². The van der Waals surface area contributed by atoms with Crippen molar-refractivity contribution in [3.05, 3.63) is 16.5 Å². The molecule has 6 heteroatoms. The molecule has 4 nitrogen and oxygen atoms in total. The molecule has 122 valence electrons. The van der Waals surface area contributed by atoms with Crippen LogP contribution in [0.15, 0.2) is 10.3 Å². The van der Waals surface area contributed by atoms with Gasteiger partial charge in [0.1, 0.15) is 4.21 Å². The topological polar surface area (TPSA) is 58.2 Å². The monoisotopic (exact) mass is 332 g/mol. The smallest absolute Gasteiger partial charge is 0.250 e. The third kappa shape index (κ3) is 6.06. The number of hydrogen-bond acceptors (Lipinski definition) is 4. The molecule has 2 N–H and O–H groups in total. The second kappa shape index (κ2) is 7.72. The lowest BCUT2D eigenvalue weighted by atomic mass is 10.1. The molecule has 0 saturated carbocycles. The van der Waals surface area contributed by atoms with Gasteiger partial charge in [-0.2, -0.15) is 0 Å². The van der Waals surface area contributed by atoms with Crippen LogP contribution in [0.1, 0.15) is 51.5 Å². The number of nitrogens with one attached hydrogen (secondary N) is 2. The zero-order chi connectivity index (χ0) is 16.2. The van der Waals surface area contributed by atoms with Crippen molar-refractivity contribution in [2.24, 2.45) is 5.92 Å². The highest BCUT2D eigenvalue weighted by Gasteiger charge is 2.21. The fraction of sp³-hybridized carbons (Fsp3) is 0.733. The van der Waals surface area contributed by atoms with Crippen LogP contribution in [0.25, 0.3) is 0 Å². The van der Waals surface area contributed by atoms with Crippen LogP contribution in [-0.2, 0) is 16.6 Å². The molecule has 1 aromatic heterocycles. The highest BCUT2D eigenvalue weighted by atomic mass is 32.2. The number of hydrogen-bond donors (Lipinski definition) is 2. The van der Waals surface area contributed by atoms with Crippen LogP contribution >= 0.6 is 11.3 Å². The van der Waals surface area contributed by atoms with Gasteiger partial charge in [0.2, 0.25) is 10.0 Å². The van der Waals surface area contributed by atoms with Gasteiger partial charge in [0.25, 0.3) is 0 Å². The maximum Gasteiger partial charge on any atom is 0.250 e. The summed E-state index contributed by atoms with van der Waals surface area (Å²) < 4.78 is 28.0. The van der Waals surface area contributed by atoms with Crippen molar-refractivity contribution in [1.82, 2.24) is 10.0 Å². The molecule has 1 atom stereocenters. The summed E-state index contributed by atoms with van der Waals surface area (Å²) in [5, 5.41) is 3.33. The Hall–Kier alpha value is -0.430. The Morgan fingerprint density at radius 1 is 1.19 bits per heavy atom. The van der Waals surface area contributed by atoms with Gasteiger partial charge in [-0.3, -0.25) is 0 Å². The van der Waals surface area contributed by atoms with Gasteiger partial charge in [-0.15, -0.1) is 11.3 Å². The minimum atomic E-state index is -3.40. The zero-order valence-electron chi connectivity index (χ0n) is 13.9. The maximum atomic E-state index is 12.4. The summed E-state index contributed by atoms with van der Waals surface area (Å²) >= 11 is 1.36. The van der Waals surface area contributed by atoms with Crippen LogP contribution in [-0.4, -0.2) is 20.5 Å². The molecule has 1 heterocycles. The van der Waals surface area contributed by atoms with Crippen molar-refractivity contribution < 1.29 is 8.42 Å². The number of aryl methyl sites for hydroxylation is 1. The summed E-state index contributed by atoms with van der Waals surface area (Å²) in [6, 6.07) is 2.11. The van der Waals surface area contributed by atoms with Crippen molar-refractivity contribution in [1.29, 1.82) is 0 Å². The molecule has 0 aliphatic heterocycles. The van der Waals surface area contributed by atoms with E-state index in [1.165, 1.54) is 11.3 Å². The van der Waals surface area contributed by atoms with Gasteiger partial charge < -0.3 is 5.32 Å². The average Bonchev–Trinajstić information content (AvgIpc) is 2.66. The second-order valence-corrected chi connectivity index (χ2v) is 9.44. The Kier molecular flexibility index (Phi) is 6.84. The van der Waals surface area contributed by atoms with Crippen LogP contribution in [0.2, 0.25) is 0 Å². The summed E-state index contributed by atoms with van der Waals surface area (Å²) in [5.74, 6) is 0.471. The van der Waals surface area contributed by atoms with Crippen molar-refractivity contribution >= 4 is 21.4 Å². The van der Waals surface area contributed by atoms with Crippen molar-refractivity contribution in [3.8, 4) is 0 Å². The molecular formula is C15H28N2O2S2. The minimum Gasteiger partial charge on any atom is -0.310 e. The van der Waals surface area contributed by atoms with E-state index in [9.17, 15) is 8.42 Å². The molecule has 0 aliphatic carbocycles. The molecule has 0 saturated heterocycles. The van der Waals surface area contributed by atoms with E-state index in [0.29, 0.717) is 22.7 Å². The van der Waals surface area contributed by atoms with E-state index in [2.05, 4.69) is 37.7 Å². The standard InChI is InChI=1S/C15H28N2O2S2/c1-10(2)7-13(6)17-21(18,19)15-8-12(5)14(20-15)9-16-11(3)4/h8,10-11,13,16-17H,7,9H2,1-6H3. The van der Waals surface area contributed by atoms with E-state index in [1.807, 2.05) is 13.8 Å². The molecular weight excluding hydrogens is 304 g/mol. The van der Waals surface area contributed by atoms with Crippen LogP contribution in [0, 0.1) is 12.8 Å². The van der Waals surface area contributed by atoms with Gasteiger partial charge >= 0.3 is 0 Å². The lowest BCUT2D eigenvalue weighted by Crippen LogP contribution is -2.33. The second-order valence-electron chi connectivity index (χ2n) is 6.36. The van der Waals surface area contributed by atoms with Crippen LogP contribution in [0.4, 0.5) is 0 Å². The lowest BCUT2D eigenvalue weighted by molar-refractivity contribution is 0.483. The fourth-order valence-corrected chi connectivity index (χ4v) is 4.98. The van der Waals surface area contributed by atoms with Crippen molar-refractivity contribution in [3.63, 3.8) is 0 Å². The summed E-state index contributed by atoms with van der Waals surface area (Å²) in [6.07, 6.45) is 0.839. The van der Waals surface area contributed by atoms with Gasteiger partial charge in [-0.05, 0) is 37.8 Å². The minimum absolute atomic E-state index is 0.0466. The molecule has 0 aliphatic rings. The SMILES string of the molecule is Cc1cc(S(=O)(=O)NC(C)CC(C)C)sc1CNC(C)C. The van der Waals surface area contributed by atoms with E-state index in [0.717, 1.165) is 16.9 Å². The lowest BCUT2D eigenvalue weighted by Gasteiger charge is -2.15. The summed E-state index contributed by atoms with van der Waals surface area (Å²) in [7, 11) is -3.40. The Balaban J connectivity index is 2.82. The van der Waals surface area contributed by atoms with E-state index < -0.39 is 10.0 Å². The molecule has 0 spiro atoms. The highest BCUT2D eigenvalue weighted by molar-refractivity contribution is 7.91.